The van der Waals surface area contributed by atoms with E-state index in [0.717, 1.165) is 0 Å². The van der Waals surface area contributed by atoms with Gasteiger partial charge in [0.2, 0.25) is 5.91 Å². The number of nitrogens with zero attached hydrogens (tertiary/aromatic N) is 1. The van der Waals surface area contributed by atoms with E-state index in [0.29, 0.717) is 0 Å². The number of amides is 1. The Balaban J connectivity index is 4.29. The van der Waals surface area contributed by atoms with Gasteiger partial charge >= 0.3 is 5.97 Å². The highest BCUT2D eigenvalue weighted by Crippen LogP contribution is 2.23. The molecule has 1 atom stereocenters. The largest absolute Gasteiger partial charge is 0.460 e. The third-order valence-electron chi connectivity index (χ3n) is 3.19. The molecule has 0 saturated carbocycles. The topological polar surface area (TPSA) is 46.6 Å². The molecule has 19 heavy (non-hydrogen) atoms. The molecular weight excluding hydrogens is 242 g/mol. The minimum absolute atomic E-state index is 0.0201. The molecule has 0 heterocycles. The molecule has 1 amide bonds. The maximum Gasteiger partial charge on any atom is 0.306 e. The minimum Gasteiger partial charge on any atom is -0.460 e. The minimum atomic E-state index is -0.495. The Morgan fingerprint density at radius 3 is 1.89 bits per heavy atom. The number of rotatable bonds is 4. The first kappa shape index (κ1) is 17.9. The summed E-state index contributed by atoms with van der Waals surface area (Å²) >= 11 is 0. The summed E-state index contributed by atoms with van der Waals surface area (Å²) in [5.41, 5.74) is -0.471. The number of carbonyl (C=O) groups excluding carboxylic acids is 2. The quantitative estimate of drug-likeness (QED) is 0.738. The van der Waals surface area contributed by atoms with Gasteiger partial charge in [0.15, 0.2) is 0 Å². The Morgan fingerprint density at radius 1 is 1.05 bits per heavy atom. The lowest BCUT2D eigenvalue weighted by molar-refractivity contribution is -0.156. The molecule has 112 valence electrons. The average Bonchev–Trinajstić information content (AvgIpc) is 2.20. The third kappa shape index (κ3) is 7.19. The first-order valence-electron chi connectivity index (χ1n) is 6.82. The van der Waals surface area contributed by atoms with Crippen LogP contribution in [0.25, 0.3) is 0 Å². The van der Waals surface area contributed by atoms with Crippen molar-refractivity contribution >= 4 is 11.9 Å². The van der Waals surface area contributed by atoms with Gasteiger partial charge < -0.3 is 9.64 Å². The fourth-order valence-corrected chi connectivity index (χ4v) is 1.57. The molecule has 0 spiro atoms. The van der Waals surface area contributed by atoms with Crippen molar-refractivity contribution in [2.45, 2.75) is 73.0 Å². The normalized spacial score (nSPS) is 13.9. The van der Waals surface area contributed by atoms with Gasteiger partial charge in [-0.2, -0.15) is 0 Å². The number of hydrogen-bond donors (Lipinski definition) is 0. The summed E-state index contributed by atoms with van der Waals surface area (Å²) < 4.78 is 5.19. The summed E-state index contributed by atoms with van der Waals surface area (Å²) in [5.74, 6) is -0.342. The van der Waals surface area contributed by atoms with Gasteiger partial charge in [-0.1, -0.05) is 20.8 Å². The maximum atomic E-state index is 12.0. The molecule has 0 aromatic carbocycles. The van der Waals surface area contributed by atoms with Crippen molar-refractivity contribution in [3.8, 4) is 0 Å². The lowest BCUT2D eigenvalue weighted by Gasteiger charge is -2.35. The lowest BCUT2D eigenvalue weighted by Crippen LogP contribution is -2.43. The van der Waals surface area contributed by atoms with Crippen LogP contribution in [0.15, 0.2) is 0 Å². The zero-order valence-corrected chi connectivity index (χ0v) is 13.7. The highest BCUT2D eigenvalue weighted by atomic mass is 16.6. The van der Waals surface area contributed by atoms with Crippen LogP contribution in [0.3, 0.4) is 0 Å². The van der Waals surface area contributed by atoms with Gasteiger partial charge in [-0.05, 0) is 33.1 Å². The molecule has 0 aromatic heterocycles. The first-order valence-corrected chi connectivity index (χ1v) is 6.82. The van der Waals surface area contributed by atoms with Crippen molar-refractivity contribution in [3.05, 3.63) is 0 Å². The van der Waals surface area contributed by atoms with Gasteiger partial charge in [0, 0.05) is 19.5 Å². The Hall–Kier alpha value is -1.06. The monoisotopic (exact) mass is 271 g/mol. The Bertz CT molecular complexity index is 323. The van der Waals surface area contributed by atoms with Crippen LogP contribution in [0.1, 0.15) is 61.3 Å². The van der Waals surface area contributed by atoms with E-state index in [9.17, 15) is 9.59 Å². The van der Waals surface area contributed by atoms with Crippen LogP contribution in [0, 0.1) is 5.41 Å². The van der Waals surface area contributed by atoms with Crippen molar-refractivity contribution in [2.75, 3.05) is 7.05 Å². The van der Waals surface area contributed by atoms with E-state index in [-0.39, 0.29) is 36.2 Å². The summed E-state index contributed by atoms with van der Waals surface area (Å²) in [6, 6.07) is 0.124. The molecule has 0 fully saturated rings. The van der Waals surface area contributed by atoms with Gasteiger partial charge in [0.05, 0.1) is 6.42 Å². The Kier molecular flexibility index (Phi) is 6.04. The number of carbonyl (C=O) groups is 2. The van der Waals surface area contributed by atoms with Crippen molar-refractivity contribution < 1.29 is 14.3 Å². The molecular formula is C15H29NO3. The van der Waals surface area contributed by atoms with Crippen LogP contribution >= 0.6 is 0 Å². The van der Waals surface area contributed by atoms with Gasteiger partial charge in [-0.25, -0.2) is 0 Å². The second-order valence-electron chi connectivity index (χ2n) is 7.13. The molecule has 0 radical (unpaired) electrons. The van der Waals surface area contributed by atoms with E-state index in [4.69, 9.17) is 4.74 Å². The van der Waals surface area contributed by atoms with Gasteiger partial charge in [-0.3, -0.25) is 9.59 Å². The van der Waals surface area contributed by atoms with Gasteiger partial charge in [0.1, 0.15) is 5.60 Å². The fraction of sp³-hybridized carbons (Fsp3) is 0.867. The average molecular weight is 271 g/mol. The zero-order valence-electron chi connectivity index (χ0n) is 13.7. The van der Waals surface area contributed by atoms with Crippen LogP contribution < -0.4 is 0 Å². The molecule has 0 aliphatic carbocycles. The molecule has 4 heteroatoms. The molecule has 0 N–H and O–H groups in total. The van der Waals surface area contributed by atoms with E-state index < -0.39 is 5.60 Å². The van der Waals surface area contributed by atoms with Crippen LogP contribution in [0.4, 0.5) is 0 Å². The predicted octanol–water partition coefficient (Wildman–Crippen LogP) is 3.00. The van der Waals surface area contributed by atoms with Crippen molar-refractivity contribution in [3.63, 3.8) is 0 Å². The highest BCUT2D eigenvalue weighted by molar-refractivity contribution is 5.81. The van der Waals surface area contributed by atoms with Crippen molar-refractivity contribution in [2.24, 2.45) is 5.41 Å². The molecule has 0 aromatic rings. The third-order valence-corrected chi connectivity index (χ3v) is 3.19. The molecule has 1 unspecified atom stereocenters. The SMILES string of the molecule is CC(N(C)C(=O)CCC(=O)OC(C)(C)C)C(C)(C)C. The van der Waals surface area contributed by atoms with Crippen molar-refractivity contribution in [1.82, 2.24) is 4.90 Å². The predicted molar refractivity (Wildman–Crippen MR) is 76.8 cm³/mol. The second-order valence-corrected chi connectivity index (χ2v) is 7.13. The Morgan fingerprint density at radius 2 is 1.53 bits per heavy atom. The summed E-state index contributed by atoms with van der Waals surface area (Å²) in [6.45, 7) is 13.8. The second kappa shape index (κ2) is 6.40. The summed E-state index contributed by atoms with van der Waals surface area (Å²) in [6.07, 6.45) is 0.336. The van der Waals surface area contributed by atoms with Crippen LogP contribution in [-0.4, -0.2) is 35.5 Å². The van der Waals surface area contributed by atoms with E-state index in [1.807, 2.05) is 27.7 Å². The molecule has 0 bridgehead atoms. The van der Waals surface area contributed by atoms with E-state index >= 15 is 0 Å². The molecule has 0 aliphatic heterocycles. The van der Waals surface area contributed by atoms with E-state index in [1.165, 1.54) is 0 Å². The molecule has 0 rings (SSSR count). The Labute approximate surface area is 117 Å². The molecule has 0 saturated heterocycles. The fourth-order valence-electron chi connectivity index (χ4n) is 1.57. The van der Waals surface area contributed by atoms with Crippen LogP contribution in [0.5, 0.6) is 0 Å². The van der Waals surface area contributed by atoms with E-state index in [2.05, 4.69) is 20.8 Å². The summed E-state index contributed by atoms with van der Waals surface area (Å²) in [4.78, 5) is 25.3. The summed E-state index contributed by atoms with van der Waals surface area (Å²) in [5, 5.41) is 0. The number of esters is 1. The number of ether oxygens (including phenoxy) is 1. The summed E-state index contributed by atoms with van der Waals surface area (Å²) in [7, 11) is 1.79. The zero-order chi connectivity index (χ0) is 15.4. The van der Waals surface area contributed by atoms with Crippen LogP contribution in [0.2, 0.25) is 0 Å². The van der Waals surface area contributed by atoms with Gasteiger partial charge in [0.25, 0.3) is 0 Å². The smallest absolute Gasteiger partial charge is 0.306 e. The van der Waals surface area contributed by atoms with Gasteiger partial charge in [-0.15, -0.1) is 0 Å². The van der Waals surface area contributed by atoms with E-state index in [1.54, 1.807) is 11.9 Å². The first-order chi connectivity index (χ1) is 8.34. The van der Waals surface area contributed by atoms with Crippen molar-refractivity contribution in [1.29, 1.82) is 0 Å². The lowest BCUT2D eigenvalue weighted by atomic mass is 9.87. The number of hydrogen-bond acceptors (Lipinski definition) is 3. The molecule has 0 aliphatic rings. The highest BCUT2D eigenvalue weighted by Gasteiger charge is 2.27. The molecule has 4 nitrogen and oxygen atoms in total. The maximum absolute atomic E-state index is 12.0. The van der Waals surface area contributed by atoms with Crippen LogP contribution in [-0.2, 0) is 14.3 Å². The standard InChI is InChI=1S/C15H29NO3/c1-11(14(2,3)4)16(8)12(17)9-10-13(18)19-15(5,6)7/h11H,9-10H2,1-8H3.